The van der Waals surface area contributed by atoms with Gasteiger partial charge in [0.2, 0.25) is 5.91 Å². The third kappa shape index (κ3) is 6.83. The van der Waals surface area contributed by atoms with Crippen LogP contribution in [-0.2, 0) is 20.7 Å². The first kappa shape index (κ1) is 23.9. The summed E-state index contributed by atoms with van der Waals surface area (Å²) in [7, 11) is 1.84. The van der Waals surface area contributed by atoms with Crippen LogP contribution in [0.1, 0.15) is 61.9 Å². The number of carbonyl (C=O) groups excluding carboxylic acids is 2. The Morgan fingerprint density at radius 3 is 2.33 bits per heavy atom. The Hall–Kier alpha value is -2.41. The number of amides is 2. The lowest BCUT2D eigenvalue weighted by Gasteiger charge is -2.42. The minimum absolute atomic E-state index is 0.0972. The van der Waals surface area contributed by atoms with E-state index in [0.717, 1.165) is 31.7 Å². The fraction of sp³-hybridized carbons (Fsp3) is 0.609. The van der Waals surface area contributed by atoms with Crippen LogP contribution in [0.25, 0.3) is 0 Å². The van der Waals surface area contributed by atoms with Gasteiger partial charge in [0.1, 0.15) is 0 Å². The summed E-state index contributed by atoms with van der Waals surface area (Å²) in [5.74, 6) is -0.594. The van der Waals surface area contributed by atoms with E-state index in [4.69, 9.17) is 14.6 Å². The zero-order valence-corrected chi connectivity index (χ0v) is 18.4. The number of likely N-dealkylation sites (tertiary alicyclic amines) is 1. The van der Waals surface area contributed by atoms with Crippen molar-refractivity contribution in [2.75, 3.05) is 33.3 Å². The molecule has 0 radical (unpaired) electrons. The Balaban J connectivity index is 0.000000735. The van der Waals surface area contributed by atoms with E-state index in [1.54, 1.807) is 4.90 Å². The predicted molar refractivity (Wildman–Crippen MR) is 114 cm³/mol. The van der Waals surface area contributed by atoms with Gasteiger partial charge in [-0.1, -0.05) is 25.5 Å². The highest BCUT2D eigenvalue weighted by Gasteiger charge is 2.40. The quantitative estimate of drug-likeness (QED) is 0.812. The smallest absolute Gasteiger partial charge is 0.300 e. The number of nitrogens with zero attached hydrogens (tertiary/aromatic N) is 2. The molecule has 0 aliphatic carbocycles. The van der Waals surface area contributed by atoms with Gasteiger partial charge in [-0.15, -0.1) is 0 Å². The van der Waals surface area contributed by atoms with Gasteiger partial charge in [0, 0.05) is 39.2 Å². The summed E-state index contributed by atoms with van der Waals surface area (Å²) in [5, 5.41) is 7.42. The molecule has 7 heteroatoms. The number of carboxylic acid groups (broad SMARTS) is 1. The molecule has 1 aromatic rings. The standard InChI is InChI=1S/C21H30N2O3.C2H4O2/c1-3-4-5-17-6-8-18(9-7-17)20(25)23-13-11-21(12-14-23)16-22(2)19(24)10-15-26-21;1-2(3)4/h6-9H,3-5,10-16H2,1-2H3;1H3,(H,3,4). The highest BCUT2D eigenvalue weighted by atomic mass is 16.5. The molecule has 2 aliphatic rings. The fourth-order valence-electron chi connectivity index (χ4n) is 3.91. The number of rotatable bonds is 4. The first-order valence-corrected chi connectivity index (χ1v) is 10.7. The van der Waals surface area contributed by atoms with E-state index in [0.29, 0.717) is 32.7 Å². The van der Waals surface area contributed by atoms with E-state index in [1.807, 2.05) is 24.1 Å². The van der Waals surface area contributed by atoms with Crippen molar-refractivity contribution in [3.05, 3.63) is 35.4 Å². The van der Waals surface area contributed by atoms with Crippen molar-refractivity contribution in [3.8, 4) is 0 Å². The van der Waals surface area contributed by atoms with Crippen molar-refractivity contribution in [3.63, 3.8) is 0 Å². The monoisotopic (exact) mass is 418 g/mol. The predicted octanol–water partition coefficient (Wildman–Crippen LogP) is 2.97. The number of aryl methyl sites for hydroxylation is 1. The van der Waals surface area contributed by atoms with Crippen molar-refractivity contribution in [2.45, 2.75) is 58.0 Å². The van der Waals surface area contributed by atoms with Gasteiger partial charge in [-0.2, -0.15) is 0 Å². The molecule has 0 atom stereocenters. The van der Waals surface area contributed by atoms with Crippen molar-refractivity contribution in [2.24, 2.45) is 0 Å². The SMILES string of the molecule is CC(=O)O.CCCCc1ccc(C(=O)N2CCC3(CC2)CN(C)C(=O)CCO3)cc1. The van der Waals surface area contributed by atoms with Crippen molar-refractivity contribution in [1.82, 2.24) is 9.80 Å². The number of hydrogen-bond acceptors (Lipinski definition) is 4. The van der Waals surface area contributed by atoms with Crippen LogP contribution >= 0.6 is 0 Å². The maximum absolute atomic E-state index is 12.8. The average Bonchev–Trinajstić information content (AvgIpc) is 2.85. The molecule has 0 saturated carbocycles. The van der Waals surface area contributed by atoms with Crippen LogP contribution in [0.15, 0.2) is 24.3 Å². The second kappa shape index (κ2) is 11.1. The van der Waals surface area contributed by atoms with E-state index in [1.165, 1.54) is 18.4 Å². The van der Waals surface area contributed by atoms with Crippen LogP contribution in [0.2, 0.25) is 0 Å². The van der Waals surface area contributed by atoms with E-state index in [9.17, 15) is 9.59 Å². The van der Waals surface area contributed by atoms with Gasteiger partial charge in [-0.25, -0.2) is 0 Å². The van der Waals surface area contributed by atoms with Gasteiger partial charge in [0.25, 0.3) is 11.9 Å². The van der Waals surface area contributed by atoms with E-state index >= 15 is 0 Å². The van der Waals surface area contributed by atoms with Gasteiger partial charge >= 0.3 is 0 Å². The number of ether oxygens (including phenoxy) is 1. The Labute approximate surface area is 179 Å². The zero-order valence-electron chi connectivity index (χ0n) is 18.4. The highest BCUT2D eigenvalue weighted by Crippen LogP contribution is 2.30. The van der Waals surface area contributed by atoms with Crippen LogP contribution in [0, 0.1) is 0 Å². The Bertz CT molecular complexity index is 720. The fourth-order valence-corrected chi connectivity index (χ4v) is 3.91. The molecule has 0 unspecified atom stereocenters. The number of likely N-dealkylation sites (N-methyl/N-ethyl adjacent to an activating group) is 1. The van der Waals surface area contributed by atoms with Crippen molar-refractivity contribution in [1.29, 1.82) is 0 Å². The molecule has 166 valence electrons. The third-order valence-electron chi connectivity index (χ3n) is 5.66. The first-order chi connectivity index (χ1) is 14.3. The molecule has 0 bridgehead atoms. The van der Waals surface area contributed by atoms with Gasteiger partial charge in [0.05, 0.1) is 18.6 Å². The lowest BCUT2D eigenvalue weighted by molar-refractivity contribution is -0.134. The second-order valence-electron chi connectivity index (χ2n) is 8.14. The summed E-state index contributed by atoms with van der Waals surface area (Å²) in [6.07, 6.45) is 5.44. The van der Waals surface area contributed by atoms with Gasteiger partial charge in [-0.3, -0.25) is 14.4 Å². The van der Waals surface area contributed by atoms with E-state index < -0.39 is 5.97 Å². The number of aliphatic carboxylic acids is 1. The maximum atomic E-state index is 12.8. The van der Waals surface area contributed by atoms with E-state index in [-0.39, 0.29) is 17.4 Å². The molecule has 1 aromatic carbocycles. The summed E-state index contributed by atoms with van der Waals surface area (Å²) < 4.78 is 6.06. The number of benzene rings is 1. The Kier molecular flexibility index (Phi) is 8.84. The number of piperidine rings is 1. The summed E-state index contributed by atoms with van der Waals surface area (Å²) >= 11 is 0. The lowest BCUT2D eigenvalue weighted by Crippen LogP contribution is -2.52. The van der Waals surface area contributed by atoms with Gasteiger partial charge in [0.15, 0.2) is 0 Å². The second-order valence-corrected chi connectivity index (χ2v) is 8.14. The van der Waals surface area contributed by atoms with Crippen LogP contribution < -0.4 is 0 Å². The molecule has 30 heavy (non-hydrogen) atoms. The maximum Gasteiger partial charge on any atom is 0.300 e. The molecule has 2 aliphatic heterocycles. The van der Waals surface area contributed by atoms with E-state index in [2.05, 4.69) is 19.1 Å². The lowest BCUT2D eigenvalue weighted by atomic mass is 9.90. The van der Waals surface area contributed by atoms with Crippen LogP contribution in [0.3, 0.4) is 0 Å². The van der Waals surface area contributed by atoms with Gasteiger partial charge in [-0.05, 0) is 43.4 Å². The summed E-state index contributed by atoms with van der Waals surface area (Å²) in [6.45, 7) is 5.74. The number of unbranched alkanes of at least 4 members (excludes halogenated alkanes) is 1. The highest BCUT2D eigenvalue weighted by molar-refractivity contribution is 5.94. The molecule has 0 aromatic heterocycles. The molecule has 1 spiro atoms. The first-order valence-electron chi connectivity index (χ1n) is 10.7. The van der Waals surface area contributed by atoms with Crippen LogP contribution in [0.5, 0.6) is 0 Å². The largest absolute Gasteiger partial charge is 0.481 e. The van der Waals surface area contributed by atoms with Crippen molar-refractivity contribution < 1.29 is 24.2 Å². The Morgan fingerprint density at radius 1 is 1.17 bits per heavy atom. The van der Waals surface area contributed by atoms with Crippen LogP contribution in [-0.4, -0.2) is 71.6 Å². The Morgan fingerprint density at radius 2 is 1.77 bits per heavy atom. The third-order valence-corrected chi connectivity index (χ3v) is 5.66. The van der Waals surface area contributed by atoms with Gasteiger partial charge < -0.3 is 19.6 Å². The molecule has 2 fully saturated rings. The molecular weight excluding hydrogens is 384 g/mol. The molecular formula is C23H34N2O5. The zero-order chi connectivity index (χ0) is 22.1. The van der Waals surface area contributed by atoms with Crippen LogP contribution in [0.4, 0.5) is 0 Å². The summed E-state index contributed by atoms with van der Waals surface area (Å²) in [5.41, 5.74) is 1.76. The number of carboxylic acids is 1. The topological polar surface area (TPSA) is 87.2 Å². The minimum Gasteiger partial charge on any atom is -0.481 e. The molecule has 2 saturated heterocycles. The summed E-state index contributed by atoms with van der Waals surface area (Å²) in [6, 6.07) is 8.05. The molecule has 2 amide bonds. The molecule has 1 N–H and O–H groups in total. The molecule has 3 rings (SSSR count). The average molecular weight is 419 g/mol. The summed E-state index contributed by atoms with van der Waals surface area (Å²) in [4.78, 5) is 37.4. The molecule has 2 heterocycles. The number of hydrogen-bond donors (Lipinski definition) is 1. The minimum atomic E-state index is -0.833. The normalized spacial score (nSPS) is 18.4. The molecule has 7 nitrogen and oxygen atoms in total. The van der Waals surface area contributed by atoms with Crippen molar-refractivity contribution >= 4 is 17.8 Å². The number of carbonyl (C=O) groups is 3.